The maximum atomic E-state index is 11.8. The van der Waals surface area contributed by atoms with E-state index in [1.165, 1.54) is 12.8 Å². The normalized spacial score (nSPS) is 16.8. The highest BCUT2D eigenvalue weighted by Gasteiger charge is 2.33. The van der Waals surface area contributed by atoms with Crippen molar-refractivity contribution in [2.45, 2.75) is 38.8 Å². The monoisotopic (exact) mass is 184 g/mol. The first-order valence-electron chi connectivity index (χ1n) is 4.98. The molecule has 1 fully saturated rings. The van der Waals surface area contributed by atoms with Crippen LogP contribution in [-0.4, -0.2) is 48.4 Å². The largest absolute Gasteiger partial charge is 0.336 e. The van der Waals surface area contributed by atoms with Crippen molar-refractivity contribution < 1.29 is 4.79 Å². The summed E-state index contributed by atoms with van der Waals surface area (Å²) >= 11 is 0. The minimum absolute atomic E-state index is 0.266. The molecule has 1 aliphatic rings. The third-order valence-electron chi connectivity index (χ3n) is 2.24. The summed E-state index contributed by atoms with van der Waals surface area (Å²) < 4.78 is 0. The number of carbonyl (C=O) groups is 1. The van der Waals surface area contributed by atoms with Crippen molar-refractivity contribution in [1.82, 2.24) is 9.80 Å². The Bertz CT molecular complexity index is 183. The molecule has 0 N–H and O–H groups in total. The van der Waals surface area contributed by atoms with E-state index in [-0.39, 0.29) is 5.91 Å². The Kier molecular flexibility index (Phi) is 3.31. The van der Waals surface area contributed by atoms with Gasteiger partial charge >= 0.3 is 0 Å². The van der Waals surface area contributed by atoms with Crippen LogP contribution in [0.2, 0.25) is 0 Å². The Morgan fingerprint density at radius 1 is 1.38 bits per heavy atom. The zero-order valence-corrected chi connectivity index (χ0v) is 9.08. The summed E-state index contributed by atoms with van der Waals surface area (Å²) in [4.78, 5) is 15.7. The topological polar surface area (TPSA) is 23.6 Å². The summed E-state index contributed by atoms with van der Waals surface area (Å²) in [6.45, 7) is 4.71. The van der Waals surface area contributed by atoms with Crippen LogP contribution in [0, 0.1) is 0 Å². The Labute approximate surface area is 80.7 Å². The van der Waals surface area contributed by atoms with Crippen molar-refractivity contribution in [3.8, 4) is 0 Å². The smallest absolute Gasteiger partial charge is 0.237 e. The molecule has 0 spiro atoms. The number of hydrogen-bond donors (Lipinski definition) is 0. The zero-order chi connectivity index (χ0) is 10.0. The summed E-state index contributed by atoms with van der Waals surface area (Å²) in [5.74, 6) is 0.266. The molecule has 0 aromatic heterocycles. The molecule has 0 atom stereocenters. The van der Waals surface area contributed by atoms with E-state index in [4.69, 9.17) is 0 Å². The third-order valence-corrected chi connectivity index (χ3v) is 2.24. The minimum Gasteiger partial charge on any atom is -0.336 e. The van der Waals surface area contributed by atoms with Gasteiger partial charge in [-0.1, -0.05) is 0 Å². The van der Waals surface area contributed by atoms with E-state index >= 15 is 0 Å². The number of likely N-dealkylation sites (N-methyl/N-ethyl adjacent to an activating group) is 1. The fourth-order valence-electron chi connectivity index (χ4n) is 1.62. The van der Waals surface area contributed by atoms with Gasteiger partial charge in [0.2, 0.25) is 5.91 Å². The van der Waals surface area contributed by atoms with E-state index < -0.39 is 0 Å². The molecule has 1 saturated carbocycles. The molecule has 0 aromatic carbocycles. The van der Waals surface area contributed by atoms with Crippen molar-refractivity contribution in [2.75, 3.05) is 20.6 Å². The predicted octanol–water partition coefficient (Wildman–Crippen LogP) is 0.947. The van der Waals surface area contributed by atoms with Crippen LogP contribution in [-0.2, 0) is 4.79 Å². The lowest BCUT2D eigenvalue weighted by atomic mass is 10.3. The van der Waals surface area contributed by atoms with Crippen molar-refractivity contribution >= 4 is 5.91 Å². The van der Waals surface area contributed by atoms with E-state index in [0.717, 1.165) is 0 Å². The van der Waals surface area contributed by atoms with Gasteiger partial charge in [0.1, 0.15) is 0 Å². The van der Waals surface area contributed by atoms with Crippen molar-refractivity contribution in [2.24, 2.45) is 0 Å². The van der Waals surface area contributed by atoms with Crippen LogP contribution in [0.25, 0.3) is 0 Å². The first-order valence-corrected chi connectivity index (χ1v) is 4.98. The van der Waals surface area contributed by atoms with Gasteiger partial charge in [-0.2, -0.15) is 0 Å². The van der Waals surface area contributed by atoms with Gasteiger partial charge in [0.25, 0.3) is 0 Å². The van der Waals surface area contributed by atoms with Gasteiger partial charge in [-0.3, -0.25) is 4.79 Å². The Balaban J connectivity index is 2.48. The van der Waals surface area contributed by atoms with Crippen LogP contribution in [0.1, 0.15) is 26.7 Å². The lowest BCUT2D eigenvalue weighted by Gasteiger charge is -2.27. The van der Waals surface area contributed by atoms with Crippen molar-refractivity contribution in [1.29, 1.82) is 0 Å². The zero-order valence-electron chi connectivity index (χ0n) is 9.08. The fraction of sp³-hybridized carbons (Fsp3) is 0.900. The van der Waals surface area contributed by atoms with E-state index in [9.17, 15) is 4.79 Å². The van der Waals surface area contributed by atoms with E-state index in [2.05, 4.69) is 13.8 Å². The average Bonchev–Trinajstić information content (AvgIpc) is 2.68. The van der Waals surface area contributed by atoms with Crippen LogP contribution in [0.15, 0.2) is 0 Å². The van der Waals surface area contributed by atoms with Crippen LogP contribution < -0.4 is 0 Å². The molecule has 1 aliphatic carbocycles. The molecule has 76 valence electrons. The Morgan fingerprint density at radius 2 is 1.92 bits per heavy atom. The second-order valence-corrected chi connectivity index (χ2v) is 4.36. The SMILES string of the molecule is CC(C)N(C(=O)CN(C)C)C1CC1. The molecule has 0 aliphatic heterocycles. The van der Waals surface area contributed by atoms with Gasteiger partial charge in [-0.15, -0.1) is 0 Å². The molecule has 0 saturated heterocycles. The van der Waals surface area contributed by atoms with Crippen LogP contribution in [0.3, 0.4) is 0 Å². The Morgan fingerprint density at radius 3 is 2.23 bits per heavy atom. The highest BCUT2D eigenvalue weighted by atomic mass is 16.2. The second-order valence-electron chi connectivity index (χ2n) is 4.36. The number of hydrogen-bond acceptors (Lipinski definition) is 2. The summed E-state index contributed by atoms with van der Waals surface area (Å²) in [5.41, 5.74) is 0. The molecule has 3 nitrogen and oxygen atoms in total. The molecule has 1 amide bonds. The van der Waals surface area contributed by atoms with Gasteiger partial charge in [0, 0.05) is 12.1 Å². The summed E-state index contributed by atoms with van der Waals surface area (Å²) in [6, 6.07) is 0.882. The van der Waals surface area contributed by atoms with E-state index in [1.54, 1.807) is 0 Å². The van der Waals surface area contributed by atoms with Gasteiger partial charge in [0.15, 0.2) is 0 Å². The molecule has 0 radical (unpaired) electrons. The van der Waals surface area contributed by atoms with Gasteiger partial charge in [0.05, 0.1) is 6.54 Å². The summed E-state index contributed by atoms with van der Waals surface area (Å²) in [5, 5.41) is 0. The first kappa shape index (κ1) is 10.5. The van der Waals surface area contributed by atoms with Crippen molar-refractivity contribution in [3.05, 3.63) is 0 Å². The molecular weight excluding hydrogens is 164 g/mol. The molecule has 0 aromatic rings. The molecular formula is C10H20N2O. The Hall–Kier alpha value is -0.570. The number of carbonyl (C=O) groups excluding carboxylic acids is 1. The highest BCUT2D eigenvalue weighted by molar-refractivity contribution is 5.79. The van der Waals surface area contributed by atoms with Gasteiger partial charge in [-0.25, -0.2) is 0 Å². The maximum absolute atomic E-state index is 11.8. The molecule has 0 heterocycles. The lowest BCUT2D eigenvalue weighted by molar-refractivity contribution is -0.134. The molecule has 13 heavy (non-hydrogen) atoms. The highest BCUT2D eigenvalue weighted by Crippen LogP contribution is 2.28. The predicted molar refractivity (Wildman–Crippen MR) is 53.6 cm³/mol. The molecule has 3 heteroatoms. The van der Waals surface area contributed by atoms with E-state index in [1.807, 2.05) is 23.9 Å². The van der Waals surface area contributed by atoms with Crippen LogP contribution in [0.4, 0.5) is 0 Å². The van der Waals surface area contributed by atoms with Crippen molar-refractivity contribution in [3.63, 3.8) is 0 Å². The number of amides is 1. The summed E-state index contributed by atoms with van der Waals surface area (Å²) in [6.07, 6.45) is 2.38. The minimum atomic E-state index is 0.266. The molecule has 0 unspecified atom stereocenters. The fourth-order valence-corrected chi connectivity index (χ4v) is 1.62. The van der Waals surface area contributed by atoms with Gasteiger partial charge in [-0.05, 0) is 40.8 Å². The van der Waals surface area contributed by atoms with Crippen LogP contribution in [0.5, 0.6) is 0 Å². The van der Waals surface area contributed by atoms with Gasteiger partial charge < -0.3 is 9.80 Å². The number of rotatable bonds is 4. The second kappa shape index (κ2) is 4.09. The standard InChI is InChI=1S/C10H20N2O/c1-8(2)12(9-5-6-9)10(13)7-11(3)4/h8-9H,5-7H2,1-4H3. The summed E-state index contributed by atoms with van der Waals surface area (Å²) in [7, 11) is 3.87. The van der Waals surface area contributed by atoms with E-state index in [0.29, 0.717) is 18.6 Å². The lowest BCUT2D eigenvalue weighted by Crippen LogP contribution is -2.43. The molecule has 0 bridgehead atoms. The number of nitrogens with zero attached hydrogens (tertiary/aromatic N) is 2. The average molecular weight is 184 g/mol. The first-order chi connectivity index (χ1) is 6.02. The molecule has 1 rings (SSSR count). The van der Waals surface area contributed by atoms with Crippen LogP contribution >= 0.6 is 0 Å². The third kappa shape index (κ3) is 2.99. The maximum Gasteiger partial charge on any atom is 0.237 e. The quantitative estimate of drug-likeness (QED) is 0.649.